The van der Waals surface area contributed by atoms with Crippen LogP contribution in [0.4, 0.5) is 0 Å². The van der Waals surface area contributed by atoms with E-state index in [1.165, 1.54) is 0 Å². The summed E-state index contributed by atoms with van der Waals surface area (Å²) in [5, 5.41) is 0. The third-order valence-corrected chi connectivity index (χ3v) is 2.78. The zero-order valence-electron chi connectivity index (χ0n) is 10.3. The Balaban J connectivity index is 2.94. The molecule has 84 valence electrons. The molecule has 0 aliphatic heterocycles. The molecule has 0 saturated heterocycles. The average Bonchev–Trinajstić information content (AvgIpc) is 2.10. The van der Waals surface area contributed by atoms with Crippen molar-refractivity contribution < 1.29 is 9.16 Å². The Morgan fingerprint density at radius 3 is 2.27 bits per heavy atom. The van der Waals surface area contributed by atoms with Crippen LogP contribution in [0.25, 0.3) is 0 Å². The summed E-state index contributed by atoms with van der Waals surface area (Å²) in [6.45, 7) is 11.3. The predicted octanol–water partition coefficient (Wildman–Crippen LogP) is 3.61. The maximum Gasteiger partial charge on any atom is 0.242 e. The minimum absolute atomic E-state index is 0.692. The first-order valence-electron chi connectivity index (χ1n) is 5.35. The molecule has 0 amide bonds. The lowest BCUT2D eigenvalue weighted by Crippen LogP contribution is -2.29. The molecule has 2 nitrogen and oxygen atoms in total. The molecule has 1 aromatic rings. The van der Waals surface area contributed by atoms with Gasteiger partial charge in [-0.2, -0.15) is 0 Å². The summed E-state index contributed by atoms with van der Waals surface area (Å²) in [4.78, 5) is 0. The molecule has 1 rings (SSSR count). The van der Waals surface area contributed by atoms with Gasteiger partial charge in [0.25, 0.3) is 0 Å². The van der Waals surface area contributed by atoms with Gasteiger partial charge in [-0.05, 0) is 45.6 Å². The summed E-state index contributed by atoms with van der Waals surface area (Å²) in [6, 6.07) is 5.97. The molecule has 15 heavy (non-hydrogen) atoms. The Bertz CT molecular complexity index is 329. The van der Waals surface area contributed by atoms with Crippen LogP contribution >= 0.6 is 0 Å². The van der Waals surface area contributed by atoms with E-state index >= 15 is 0 Å². The second kappa shape index (κ2) is 4.70. The largest absolute Gasteiger partial charge is 0.544 e. The number of ether oxygens (including phenoxy) is 1. The van der Waals surface area contributed by atoms with E-state index in [9.17, 15) is 0 Å². The normalized spacial score (nSPS) is 11.3. The average molecular weight is 224 g/mol. The summed E-state index contributed by atoms with van der Waals surface area (Å²) >= 11 is 0. The molecule has 0 heterocycles. The monoisotopic (exact) mass is 224 g/mol. The van der Waals surface area contributed by atoms with Gasteiger partial charge in [0.1, 0.15) is 11.5 Å². The Morgan fingerprint density at radius 1 is 1.13 bits per heavy atom. The zero-order chi connectivity index (χ0) is 11.5. The predicted molar refractivity (Wildman–Crippen MR) is 66.3 cm³/mol. The van der Waals surface area contributed by atoms with E-state index in [-0.39, 0.29) is 0 Å². The van der Waals surface area contributed by atoms with Crippen molar-refractivity contribution >= 4 is 8.32 Å². The van der Waals surface area contributed by atoms with E-state index in [0.717, 1.165) is 17.1 Å². The van der Waals surface area contributed by atoms with Gasteiger partial charge in [-0.1, -0.05) is 6.07 Å². The lowest BCUT2D eigenvalue weighted by molar-refractivity contribution is 0.336. The van der Waals surface area contributed by atoms with E-state index in [0.29, 0.717) is 6.61 Å². The van der Waals surface area contributed by atoms with E-state index in [1.54, 1.807) is 0 Å². The highest BCUT2D eigenvalue weighted by molar-refractivity contribution is 6.70. The smallest absolute Gasteiger partial charge is 0.242 e. The molecule has 3 heteroatoms. The van der Waals surface area contributed by atoms with Crippen LogP contribution in [0.15, 0.2) is 18.2 Å². The third kappa shape index (κ3) is 3.59. The van der Waals surface area contributed by atoms with Crippen LogP contribution in [-0.2, 0) is 0 Å². The first-order valence-corrected chi connectivity index (χ1v) is 8.76. The minimum Gasteiger partial charge on any atom is -0.544 e. The molecule has 0 aliphatic carbocycles. The molecule has 0 fully saturated rings. The number of hydrogen-bond donors (Lipinski definition) is 0. The molecule has 0 N–H and O–H groups in total. The molecule has 0 spiro atoms. The van der Waals surface area contributed by atoms with Gasteiger partial charge >= 0.3 is 0 Å². The summed E-state index contributed by atoms with van der Waals surface area (Å²) in [6.07, 6.45) is 0. The third-order valence-electron chi connectivity index (χ3n) is 1.95. The highest BCUT2D eigenvalue weighted by Crippen LogP contribution is 2.29. The van der Waals surface area contributed by atoms with Crippen molar-refractivity contribution in [2.24, 2.45) is 0 Å². The van der Waals surface area contributed by atoms with E-state index in [4.69, 9.17) is 9.16 Å². The van der Waals surface area contributed by atoms with Crippen LogP contribution in [0.5, 0.6) is 11.5 Å². The maximum absolute atomic E-state index is 5.98. The summed E-state index contributed by atoms with van der Waals surface area (Å²) in [7, 11) is -1.53. The van der Waals surface area contributed by atoms with Crippen LogP contribution < -0.4 is 9.16 Å². The molecule has 0 aromatic heterocycles. The van der Waals surface area contributed by atoms with Gasteiger partial charge in [0.2, 0.25) is 8.32 Å². The van der Waals surface area contributed by atoms with E-state index in [2.05, 4.69) is 19.6 Å². The van der Waals surface area contributed by atoms with Gasteiger partial charge in [-0.15, -0.1) is 0 Å². The lowest BCUT2D eigenvalue weighted by atomic mass is 10.2. The van der Waals surface area contributed by atoms with Gasteiger partial charge in [0.05, 0.1) is 6.61 Å². The molecule has 0 saturated carbocycles. The Hall–Kier alpha value is -0.963. The quantitative estimate of drug-likeness (QED) is 0.727. The SMILES string of the molecule is CCOc1cccc(O[Si](C)(C)C)c1C. The second-order valence-electron chi connectivity index (χ2n) is 4.53. The highest BCUT2D eigenvalue weighted by atomic mass is 28.4. The molecule has 0 radical (unpaired) electrons. The lowest BCUT2D eigenvalue weighted by Gasteiger charge is -2.21. The topological polar surface area (TPSA) is 18.5 Å². The summed E-state index contributed by atoms with van der Waals surface area (Å²) in [5.41, 5.74) is 1.10. The van der Waals surface area contributed by atoms with Crippen LogP contribution in [0.1, 0.15) is 12.5 Å². The Kier molecular flexibility index (Phi) is 3.80. The van der Waals surface area contributed by atoms with Crippen molar-refractivity contribution in [2.75, 3.05) is 6.61 Å². The molecule has 0 aliphatic rings. The standard InChI is InChI=1S/C12H20O2Si/c1-6-13-11-8-7-9-12(10(11)2)14-15(3,4)5/h7-9H,6H2,1-5H3. The van der Waals surface area contributed by atoms with Crippen LogP contribution in [0.3, 0.4) is 0 Å². The van der Waals surface area contributed by atoms with E-state index < -0.39 is 8.32 Å². The Labute approximate surface area is 93.4 Å². The number of hydrogen-bond acceptors (Lipinski definition) is 2. The van der Waals surface area contributed by atoms with Gasteiger partial charge in [-0.3, -0.25) is 0 Å². The summed E-state index contributed by atoms with van der Waals surface area (Å²) < 4.78 is 11.5. The highest BCUT2D eigenvalue weighted by Gasteiger charge is 2.18. The first kappa shape index (κ1) is 12.1. The molecule has 1 aromatic carbocycles. The maximum atomic E-state index is 5.98. The fourth-order valence-electron chi connectivity index (χ4n) is 1.35. The second-order valence-corrected chi connectivity index (χ2v) is 8.96. The molecular formula is C12H20O2Si. The van der Waals surface area contributed by atoms with Crippen molar-refractivity contribution in [2.45, 2.75) is 33.5 Å². The van der Waals surface area contributed by atoms with Crippen LogP contribution in [0, 0.1) is 6.92 Å². The van der Waals surface area contributed by atoms with Crippen molar-refractivity contribution in [1.29, 1.82) is 0 Å². The van der Waals surface area contributed by atoms with Crippen molar-refractivity contribution in [3.8, 4) is 11.5 Å². The van der Waals surface area contributed by atoms with Crippen molar-refractivity contribution in [3.63, 3.8) is 0 Å². The van der Waals surface area contributed by atoms with Gasteiger partial charge in [0, 0.05) is 5.56 Å². The van der Waals surface area contributed by atoms with Gasteiger partial charge < -0.3 is 9.16 Å². The zero-order valence-corrected chi connectivity index (χ0v) is 11.3. The molecule has 0 bridgehead atoms. The van der Waals surface area contributed by atoms with E-state index in [1.807, 2.05) is 32.0 Å². The first-order chi connectivity index (χ1) is 6.94. The minimum atomic E-state index is -1.53. The Morgan fingerprint density at radius 2 is 1.73 bits per heavy atom. The van der Waals surface area contributed by atoms with Crippen LogP contribution in [-0.4, -0.2) is 14.9 Å². The van der Waals surface area contributed by atoms with Crippen molar-refractivity contribution in [3.05, 3.63) is 23.8 Å². The fraction of sp³-hybridized carbons (Fsp3) is 0.500. The molecule has 0 unspecified atom stereocenters. The van der Waals surface area contributed by atoms with Crippen molar-refractivity contribution in [1.82, 2.24) is 0 Å². The fourth-order valence-corrected chi connectivity index (χ4v) is 2.23. The van der Waals surface area contributed by atoms with Crippen LogP contribution in [0.2, 0.25) is 19.6 Å². The number of rotatable bonds is 4. The number of benzene rings is 1. The van der Waals surface area contributed by atoms with Gasteiger partial charge in [-0.25, -0.2) is 0 Å². The summed E-state index contributed by atoms with van der Waals surface area (Å²) in [5.74, 6) is 1.88. The molecule has 0 atom stereocenters. The van der Waals surface area contributed by atoms with Gasteiger partial charge in [0.15, 0.2) is 0 Å². The molecular weight excluding hydrogens is 204 g/mol.